The van der Waals surface area contributed by atoms with Crippen LogP contribution in [0.3, 0.4) is 0 Å². The van der Waals surface area contributed by atoms with Crippen molar-refractivity contribution in [1.29, 1.82) is 0 Å². The van der Waals surface area contributed by atoms with E-state index in [1.165, 1.54) is 36.3 Å². The van der Waals surface area contributed by atoms with Gasteiger partial charge in [0.05, 0.1) is 22.9 Å². The third kappa shape index (κ3) is 3.46. The van der Waals surface area contributed by atoms with Crippen molar-refractivity contribution in [2.24, 2.45) is 0 Å². The molecular weight excluding hydrogens is 462 g/mol. The van der Waals surface area contributed by atoms with Crippen LogP contribution in [0.25, 0.3) is 33.1 Å². The fourth-order valence-corrected chi connectivity index (χ4v) is 6.55. The number of nitrogen functional groups attached to an aromatic ring is 1. The average molecular weight is 488 g/mol. The van der Waals surface area contributed by atoms with Crippen molar-refractivity contribution >= 4 is 37.8 Å². The molecule has 0 saturated heterocycles. The normalized spacial score (nSPS) is 14.8. The van der Waals surface area contributed by atoms with Crippen LogP contribution in [-0.2, 0) is 10.0 Å². The summed E-state index contributed by atoms with van der Waals surface area (Å²) in [5.74, 6) is 0.934. The molecule has 0 radical (unpaired) electrons. The zero-order valence-corrected chi connectivity index (χ0v) is 20.1. The van der Waals surface area contributed by atoms with E-state index in [1.807, 2.05) is 24.3 Å². The first-order valence-corrected chi connectivity index (χ1v) is 13.0. The summed E-state index contributed by atoms with van der Waals surface area (Å²) >= 11 is 0. The fourth-order valence-electron chi connectivity index (χ4n) is 5.16. The van der Waals surface area contributed by atoms with Crippen molar-refractivity contribution in [1.82, 2.24) is 18.5 Å². The monoisotopic (exact) mass is 487 g/mol. The molecule has 1 fully saturated rings. The number of nitrogens with zero attached hydrogens (tertiary/aromatic N) is 4. The Bertz CT molecular complexity index is 1680. The zero-order chi connectivity index (χ0) is 24.2. The molecule has 5 aromatic rings. The number of fused-ring (bicyclic) bond motifs is 2. The van der Waals surface area contributed by atoms with Crippen molar-refractivity contribution in [3.63, 3.8) is 0 Å². The Kier molecular flexibility index (Phi) is 5.03. The number of methoxy groups -OCH3 is 1. The molecule has 0 aliphatic heterocycles. The average Bonchev–Trinajstić information content (AvgIpc) is 3.62. The van der Waals surface area contributed by atoms with Gasteiger partial charge in [0.25, 0.3) is 10.0 Å². The number of nitrogens with two attached hydrogens (primary N) is 1. The highest BCUT2D eigenvalue weighted by molar-refractivity contribution is 7.90. The van der Waals surface area contributed by atoms with Crippen LogP contribution in [0.5, 0.6) is 5.75 Å². The van der Waals surface area contributed by atoms with E-state index in [4.69, 9.17) is 10.5 Å². The Morgan fingerprint density at radius 3 is 2.69 bits per heavy atom. The van der Waals surface area contributed by atoms with Gasteiger partial charge in [-0.05, 0) is 48.7 Å². The van der Waals surface area contributed by atoms with Crippen molar-refractivity contribution in [2.45, 2.75) is 36.6 Å². The molecule has 1 saturated carbocycles. The van der Waals surface area contributed by atoms with Crippen LogP contribution in [0.15, 0.2) is 72.1 Å². The highest BCUT2D eigenvalue weighted by atomic mass is 32.2. The molecule has 178 valence electrons. The van der Waals surface area contributed by atoms with Gasteiger partial charge in [0.1, 0.15) is 23.5 Å². The summed E-state index contributed by atoms with van der Waals surface area (Å²) in [4.78, 5) is 8.97. The van der Waals surface area contributed by atoms with Crippen LogP contribution >= 0.6 is 0 Å². The highest BCUT2D eigenvalue weighted by Crippen LogP contribution is 2.39. The lowest BCUT2D eigenvalue weighted by atomic mass is 10.0. The maximum atomic E-state index is 13.4. The Morgan fingerprint density at radius 2 is 1.89 bits per heavy atom. The second-order valence-electron chi connectivity index (χ2n) is 8.92. The van der Waals surface area contributed by atoms with Crippen LogP contribution < -0.4 is 10.5 Å². The zero-order valence-electron chi connectivity index (χ0n) is 19.3. The molecule has 2 aromatic carbocycles. The first-order valence-electron chi connectivity index (χ1n) is 11.6. The van der Waals surface area contributed by atoms with Gasteiger partial charge in [-0.2, -0.15) is 0 Å². The van der Waals surface area contributed by atoms with Crippen molar-refractivity contribution in [3.8, 4) is 16.9 Å². The second-order valence-corrected chi connectivity index (χ2v) is 10.7. The van der Waals surface area contributed by atoms with E-state index in [1.54, 1.807) is 24.4 Å². The third-order valence-electron chi connectivity index (χ3n) is 6.92. The number of ether oxygens (including phenoxy) is 1. The van der Waals surface area contributed by atoms with E-state index in [0.29, 0.717) is 23.1 Å². The third-order valence-corrected chi connectivity index (χ3v) is 8.61. The van der Waals surface area contributed by atoms with Gasteiger partial charge in [-0.3, -0.25) is 0 Å². The van der Waals surface area contributed by atoms with Gasteiger partial charge in [-0.15, -0.1) is 0 Å². The summed E-state index contributed by atoms with van der Waals surface area (Å²) < 4.78 is 35.5. The molecule has 6 rings (SSSR count). The van der Waals surface area contributed by atoms with Crippen LogP contribution in [0.1, 0.15) is 31.7 Å². The number of benzene rings is 2. The van der Waals surface area contributed by atoms with E-state index in [-0.39, 0.29) is 4.90 Å². The maximum Gasteiger partial charge on any atom is 0.268 e. The molecule has 35 heavy (non-hydrogen) atoms. The summed E-state index contributed by atoms with van der Waals surface area (Å²) in [6.45, 7) is 0. The number of anilines is 1. The van der Waals surface area contributed by atoms with E-state index in [9.17, 15) is 8.42 Å². The van der Waals surface area contributed by atoms with Crippen molar-refractivity contribution < 1.29 is 13.2 Å². The lowest BCUT2D eigenvalue weighted by molar-refractivity contribution is 0.413. The topological polar surface area (TPSA) is 105 Å². The van der Waals surface area contributed by atoms with E-state index in [0.717, 1.165) is 40.4 Å². The molecule has 0 bridgehead atoms. The van der Waals surface area contributed by atoms with Crippen LogP contribution in [0.4, 0.5) is 5.82 Å². The molecule has 1 aliphatic rings. The van der Waals surface area contributed by atoms with Gasteiger partial charge in [-0.1, -0.05) is 25.0 Å². The van der Waals surface area contributed by atoms with Crippen LogP contribution in [0, 0.1) is 0 Å². The van der Waals surface area contributed by atoms with Gasteiger partial charge in [0.15, 0.2) is 0 Å². The molecule has 0 spiro atoms. The first-order chi connectivity index (χ1) is 17.0. The molecule has 8 nitrogen and oxygen atoms in total. The van der Waals surface area contributed by atoms with Gasteiger partial charge >= 0.3 is 0 Å². The Balaban J connectivity index is 1.47. The van der Waals surface area contributed by atoms with E-state index in [2.05, 4.69) is 20.7 Å². The Hall–Kier alpha value is -3.85. The van der Waals surface area contributed by atoms with Gasteiger partial charge < -0.3 is 15.0 Å². The number of aromatic nitrogens is 4. The number of hydrogen-bond donors (Lipinski definition) is 1. The van der Waals surface area contributed by atoms with Crippen molar-refractivity contribution in [3.05, 3.63) is 67.3 Å². The molecule has 3 aromatic heterocycles. The standard InChI is InChI=1S/C26H25N5O3S/c1-34-20-7-4-8-21(14-20)35(32,33)31-12-11-18-13-17(9-10-23(18)31)22-15-30(19-5-2-3-6-19)26-24(22)25(27)28-16-29-26/h4,7-16,19H,2-3,5-6H2,1H3,(H2,27,28,29). The minimum atomic E-state index is -3.79. The molecule has 2 N–H and O–H groups in total. The van der Waals surface area contributed by atoms with Gasteiger partial charge in [0.2, 0.25) is 0 Å². The summed E-state index contributed by atoms with van der Waals surface area (Å²) in [5.41, 5.74) is 9.65. The SMILES string of the molecule is COc1cccc(S(=O)(=O)n2ccc3cc(-c4cn(C5CCCC5)c5ncnc(N)c45)ccc32)c1. The molecular formula is C26H25N5O3S. The lowest BCUT2D eigenvalue weighted by Gasteiger charge is -2.12. The molecule has 9 heteroatoms. The number of rotatable bonds is 5. The van der Waals surface area contributed by atoms with Gasteiger partial charge in [0, 0.05) is 35.5 Å². The fraction of sp³-hybridized carbons (Fsp3) is 0.231. The lowest BCUT2D eigenvalue weighted by Crippen LogP contribution is -2.11. The second kappa shape index (κ2) is 8.13. The van der Waals surface area contributed by atoms with Crippen molar-refractivity contribution in [2.75, 3.05) is 12.8 Å². The predicted molar refractivity (Wildman–Crippen MR) is 136 cm³/mol. The quantitative estimate of drug-likeness (QED) is 0.374. The Labute approximate surface area is 203 Å². The smallest absolute Gasteiger partial charge is 0.268 e. The molecule has 0 unspecified atom stereocenters. The predicted octanol–water partition coefficient (Wildman–Crippen LogP) is 5.00. The number of hydrogen-bond acceptors (Lipinski definition) is 6. The molecule has 0 amide bonds. The molecule has 1 aliphatic carbocycles. The van der Waals surface area contributed by atoms with Crippen LogP contribution in [-0.4, -0.2) is 34.0 Å². The summed E-state index contributed by atoms with van der Waals surface area (Å²) in [6, 6.07) is 14.5. The molecule has 0 atom stereocenters. The van der Waals surface area contributed by atoms with E-state index < -0.39 is 10.0 Å². The summed E-state index contributed by atoms with van der Waals surface area (Å²) in [6.07, 6.45) is 9.89. The summed E-state index contributed by atoms with van der Waals surface area (Å²) in [5, 5.41) is 1.65. The highest BCUT2D eigenvalue weighted by Gasteiger charge is 2.24. The summed E-state index contributed by atoms with van der Waals surface area (Å²) in [7, 11) is -2.27. The van der Waals surface area contributed by atoms with E-state index >= 15 is 0 Å². The van der Waals surface area contributed by atoms with Crippen LogP contribution in [0.2, 0.25) is 0 Å². The molecule has 3 heterocycles. The van der Waals surface area contributed by atoms with Gasteiger partial charge in [-0.25, -0.2) is 22.4 Å². The minimum absolute atomic E-state index is 0.169. The Morgan fingerprint density at radius 1 is 1.06 bits per heavy atom. The largest absolute Gasteiger partial charge is 0.497 e. The maximum absolute atomic E-state index is 13.4. The minimum Gasteiger partial charge on any atom is -0.497 e. The first kappa shape index (κ1) is 21.7.